The number of aryl methyl sites for hydroxylation is 2. The van der Waals surface area contributed by atoms with Crippen molar-refractivity contribution in [3.8, 4) is 0 Å². The van der Waals surface area contributed by atoms with Gasteiger partial charge in [0.15, 0.2) is 0 Å². The minimum atomic E-state index is 0.168. The van der Waals surface area contributed by atoms with Crippen LogP contribution in [0.2, 0.25) is 5.02 Å². The van der Waals surface area contributed by atoms with Crippen molar-refractivity contribution in [1.29, 1.82) is 0 Å². The van der Waals surface area contributed by atoms with Crippen LogP contribution >= 0.6 is 11.6 Å². The molecule has 0 fully saturated rings. The molecule has 0 aliphatic heterocycles. The Morgan fingerprint density at radius 1 is 1.35 bits per heavy atom. The lowest BCUT2D eigenvalue weighted by atomic mass is 9.95. The Balaban J connectivity index is 2.97. The fourth-order valence-electron chi connectivity index (χ4n) is 2.62. The van der Waals surface area contributed by atoms with E-state index in [1.54, 1.807) is 0 Å². The molecule has 1 aromatic rings. The van der Waals surface area contributed by atoms with Gasteiger partial charge < -0.3 is 10.1 Å². The smallest absolute Gasteiger partial charge is 0.0847 e. The van der Waals surface area contributed by atoms with E-state index in [2.05, 4.69) is 31.2 Å². The van der Waals surface area contributed by atoms with Crippen molar-refractivity contribution in [3.63, 3.8) is 0 Å². The summed E-state index contributed by atoms with van der Waals surface area (Å²) in [6.45, 7) is 12.0. The zero-order valence-corrected chi connectivity index (χ0v) is 14.3. The molecule has 0 aromatic carbocycles. The Kier molecular flexibility index (Phi) is 7.00. The first-order valence-corrected chi connectivity index (χ1v) is 7.84. The lowest BCUT2D eigenvalue weighted by Gasteiger charge is -2.30. The molecule has 0 radical (unpaired) electrons. The largest absolute Gasteiger partial charge is 0.377 e. The molecule has 0 amide bonds. The van der Waals surface area contributed by atoms with Crippen LogP contribution in [0.1, 0.15) is 39.1 Å². The molecule has 5 heteroatoms. The SMILES string of the molecule is CCOC(C(C)C)C(Cc1c(Cl)c(C)nn1CC)NC. The van der Waals surface area contributed by atoms with Gasteiger partial charge in [-0.2, -0.15) is 5.10 Å². The quantitative estimate of drug-likeness (QED) is 0.802. The number of hydrogen-bond acceptors (Lipinski definition) is 3. The second-order valence-electron chi connectivity index (χ2n) is 5.43. The van der Waals surface area contributed by atoms with Gasteiger partial charge in [-0.3, -0.25) is 4.68 Å². The molecule has 2 unspecified atom stereocenters. The van der Waals surface area contributed by atoms with E-state index in [0.29, 0.717) is 5.92 Å². The summed E-state index contributed by atoms with van der Waals surface area (Å²) in [7, 11) is 1.98. The summed E-state index contributed by atoms with van der Waals surface area (Å²) in [4.78, 5) is 0. The molecule has 0 saturated heterocycles. The van der Waals surface area contributed by atoms with Gasteiger partial charge in [0.05, 0.1) is 22.5 Å². The van der Waals surface area contributed by atoms with Crippen LogP contribution in [0, 0.1) is 12.8 Å². The monoisotopic (exact) mass is 301 g/mol. The summed E-state index contributed by atoms with van der Waals surface area (Å²) in [5.74, 6) is 0.449. The predicted octanol–water partition coefficient (Wildman–Crippen LogP) is 3.06. The van der Waals surface area contributed by atoms with Gasteiger partial charge in [-0.15, -0.1) is 0 Å². The van der Waals surface area contributed by atoms with Crippen LogP contribution in [0.15, 0.2) is 0 Å². The number of halogens is 1. The Bertz CT molecular complexity index is 417. The Morgan fingerprint density at radius 3 is 2.45 bits per heavy atom. The lowest BCUT2D eigenvalue weighted by Crippen LogP contribution is -2.44. The number of rotatable bonds is 8. The van der Waals surface area contributed by atoms with Crippen LogP contribution in [0.5, 0.6) is 0 Å². The highest BCUT2D eigenvalue weighted by molar-refractivity contribution is 6.31. The van der Waals surface area contributed by atoms with E-state index in [-0.39, 0.29) is 12.1 Å². The number of likely N-dealkylation sites (N-methyl/N-ethyl adjacent to an activating group) is 1. The summed E-state index contributed by atoms with van der Waals surface area (Å²) < 4.78 is 7.90. The van der Waals surface area contributed by atoms with Crippen molar-refractivity contribution in [2.45, 2.75) is 59.7 Å². The zero-order chi connectivity index (χ0) is 15.3. The van der Waals surface area contributed by atoms with E-state index in [1.807, 2.05) is 25.6 Å². The highest BCUT2D eigenvalue weighted by Gasteiger charge is 2.26. The van der Waals surface area contributed by atoms with Crippen LogP contribution in [0.4, 0.5) is 0 Å². The fraction of sp³-hybridized carbons (Fsp3) is 0.800. The van der Waals surface area contributed by atoms with Crippen LogP contribution < -0.4 is 5.32 Å². The summed E-state index contributed by atoms with van der Waals surface area (Å²) in [5.41, 5.74) is 1.99. The molecular formula is C15H28ClN3O. The van der Waals surface area contributed by atoms with Gasteiger partial charge >= 0.3 is 0 Å². The molecule has 0 aliphatic rings. The average Bonchev–Trinajstić information content (AvgIpc) is 2.69. The zero-order valence-electron chi connectivity index (χ0n) is 13.5. The molecular weight excluding hydrogens is 274 g/mol. The maximum absolute atomic E-state index is 6.40. The molecule has 4 nitrogen and oxygen atoms in total. The molecule has 116 valence electrons. The molecule has 0 spiro atoms. The second kappa shape index (κ2) is 8.01. The molecule has 1 aromatic heterocycles. The molecule has 1 N–H and O–H groups in total. The summed E-state index contributed by atoms with van der Waals surface area (Å²) >= 11 is 6.40. The van der Waals surface area contributed by atoms with Crippen LogP contribution in [-0.4, -0.2) is 35.6 Å². The van der Waals surface area contributed by atoms with Gasteiger partial charge in [0.1, 0.15) is 0 Å². The number of hydrogen-bond donors (Lipinski definition) is 1. The van der Waals surface area contributed by atoms with Crippen molar-refractivity contribution in [2.75, 3.05) is 13.7 Å². The van der Waals surface area contributed by atoms with E-state index in [1.165, 1.54) is 0 Å². The lowest BCUT2D eigenvalue weighted by molar-refractivity contribution is 0.00493. The van der Waals surface area contributed by atoms with Crippen LogP contribution in [0.3, 0.4) is 0 Å². The molecule has 1 heterocycles. The maximum atomic E-state index is 6.40. The summed E-state index contributed by atoms with van der Waals surface area (Å²) in [6.07, 6.45) is 0.994. The predicted molar refractivity (Wildman–Crippen MR) is 84.5 cm³/mol. The van der Waals surface area contributed by atoms with Gasteiger partial charge in [-0.1, -0.05) is 25.4 Å². The van der Waals surface area contributed by atoms with Crippen molar-refractivity contribution in [2.24, 2.45) is 5.92 Å². The Morgan fingerprint density at radius 2 is 2.00 bits per heavy atom. The van der Waals surface area contributed by atoms with E-state index in [9.17, 15) is 0 Å². The third-order valence-electron chi connectivity index (χ3n) is 3.65. The van der Waals surface area contributed by atoms with E-state index < -0.39 is 0 Å². The molecule has 20 heavy (non-hydrogen) atoms. The highest BCUT2D eigenvalue weighted by atomic mass is 35.5. The van der Waals surface area contributed by atoms with Gasteiger partial charge in [0.2, 0.25) is 0 Å². The van der Waals surface area contributed by atoms with Crippen molar-refractivity contribution < 1.29 is 4.74 Å². The molecule has 0 aliphatic carbocycles. The molecule has 1 rings (SSSR count). The third-order valence-corrected chi connectivity index (χ3v) is 4.14. The Labute approximate surface area is 127 Å². The van der Waals surface area contributed by atoms with E-state index in [4.69, 9.17) is 16.3 Å². The van der Waals surface area contributed by atoms with Crippen LogP contribution in [0.25, 0.3) is 0 Å². The molecule has 0 saturated carbocycles. The first kappa shape index (κ1) is 17.5. The maximum Gasteiger partial charge on any atom is 0.0847 e. The number of ether oxygens (including phenoxy) is 1. The average molecular weight is 302 g/mol. The van der Waals surface area contributed by atoms with E-state index in [0.717, 1.165) is 36.0 Å². The Hall–Kier alpha value is -0.580. The number of nitrogens with one attached hydrogen (secondary N) is 1. The standard InChI is InChI=1S/C15H28ClN3O/c1-7-19-13(14(16)11(5)18-19)9-12(17-6)15(10(3)4)20-8-2/h10,12,15,17H,7-9H2,1-6H3. The highest BCUT2D eigenvalue weighted by Crippen LogP contribution is 2.24. The third kappa shape index (κ3) is 3.96. The number of nitrogens with zero attached hydrogens (tertiary/aromatic N) is 2. The van der Waals surface area contributed by atoms with Gasteiger partial charge in [0, 0.05) is 25.6 Å². The topological polar surface area (TPSA) is 39.1 Å². The van der Waals surface area contributed by atoms with Gasteiger partial charge in [0.25, 0.3) is 0 Å². The minimum absolute atomic E-state index is 0.168. The van der Waals surface area contributed by atoms with Crippen molar-refractivity contribution in [3.05, 3.63) is 16.4 Å². The molecule has 0 bridgehead atoms. The van der Waals surface area contributed by atoms with Crippen LogP contribution in [-0.2, 0) is 17.7 Å². The normalized spacial score (nSPS) is 14.8. The van der Waals surface area contributed by atoms with E-state index >= 15 is 0 Å². The van der Waals surface area contributed by atoms with Crippen molar-refractivity contribution in [1.82, 2.24) is 15.1 Å². The van der Waals surface area contributed by atoms with Crippen molar-refractivity contribution >= 4 is 11.6 Å². The van der Waals surface area contributed by atoms with Gasteiger partial charge in [-0.25, -0.2) is 0 Å². The van der Waals surface area contributed by atoms with Gasteiger partial charge in [-0.05, 0) is 33.7 Å². The summed E-state index contributed by atoms with van der Waals surface area (Å²) in [6, 6.07) is 0.230. The first-order valence-electron chi connectivity index (χ1n) is 7.46. The fourth-order valence-corrected chi connectivity index (χ4v) is 2.83. The number of aromatic nitrogens is 2. The second-order valence-corrected chi connectivity index (χ2v) is 5.80. The molecule has 2 atom stereocenters. The summed E-state index contributed by atoms with van der Waals surface area (Å²) in [5, 5.41) is 8.65. The first-order chi connectivity index (χ1) is 9.46. The minimum Gasteiger partial charge on any atom is -0.377 e.